The number of hydrogen-bond acceptors (Lipinski definition) is 3. The van der Waals surface area contributed by atoms with Gasteiger partial charge in [0.05, 0.1) is 12.8 Å². The van der Waals surface area contributed by atoms with Crippen molar-refractivity contribution in [3.8, 4) is 0 Å². The molecule has 2 aromatic rings. The molecular weight excluding hydrogens is 258 g/mol. The van der Waals surface area contributed by atoms with E-state index in [1.165, 1.54) is 0 Å². The highest BCUT2D eigenvalue weighted by atomic mass is 16.3. The fraction of sp³-hybridized carbons (Fsp3) is 0.571. The Bertz CT molecular complexity index is 1040. The van der Waals surface area contributed by atoms with Crippen molar-refractivity contribution in [1.29, 1.82) is 0 Å². The van der Waals surface area contributed by atoms with Crippen molar-refractivity contribution in [2.45, 2.75) is 45.6 Å². The molecule has 0 saturated carbocycles. The molecule has 0 aliphatic carbocycles. The van der Waals surface area contributed by atoms with Crippen LogP contribution in [0.3, 0.4) is 0 Å². The predicted molar refractivity (Wildman–Crippen MR) is 78.1 cm³/mol. The Morgan fingerprint density at radius 2 is 2.35 bits per heavy atom. The van der Waals surface area contributed by atoms with E-state index in [0.29, 0.717) is 9.13 Å². The number of rotatable bonds is 5. The zero-order chi connectivity index (χ0) is 23.3. The summed E-state index contributed by atoms with van der Waals surface area (Å²) in [5.74, 6) is 0. The Morgan fingerprint density at radius 1 is 1.50 bits per heavy atom. The molecule has 2 N–H and O–H groups in total. The summed E-state index contributed by atoms with van der Waals surface area (Å²) in [6, 6.07) is 0. The molecule has 110 valence electrons. The Hall–Kier alpha value is -1.82. The summed E-state index contributed by atoms with van der Waals surface area (Å²) in [4.78, 5) is 27.9. The first-order chi connectivity index (χ1) is 13.4. The standard InChI is InChI=1S/C14H21N3O3/c1-9-8-15-12-11(9)13(19)17(14(20)16(12)3)7-5-4-6-10(2)18/h8,10,15,18H,4-7H2,1-3H3/i1D3,2D3,3D3,10D. The Labute approximate surface area is 130 Å². The molecule has 2 aromatic heterocycles. The van der Waals surface area contributed by atoms with Gasteiger partial charge in [0.2, 0.25) is 0 Å². The van der Waals surface area contributed by atoms with E-state index < -0.39 is 61.0 Å². The molecule has 2 heterocycles. The molecule has 6 nitrogen and oxygen atoms in total. The van der Waals surface area contributed by atoms with Gasteiger partial charge in [-0.2, -0.15) is 0 Å². The topological polar surface area (TPSA) is 80.0 Å². The third-order valence-corrected chi connectivity index (χ3v) is 3.01. The Kier molecular flexibility index (Phi) is 1.78. The van der Waals surface area contributed by atoms with Crippen LogP contribution in [0.4, 0.5) is 0 Å². The van der Waals surface area contributed by atoms with Crippen LogP contribution >= 0.6 is 0 Å². The fourth-order valence-corrected chi connectivity index (χ4v) is 2.00. The van der Waals surface area contributed by atoms with Crippen molar-refractivity contribution in [1.82, 2.24) is 14.1 Å². The predicted octanol–water partition coefficient (Wildman–Crippen LogP) is 0.888. The molecule has 0 aromatic carbocycles. The lowest BCUT2D eigenvalue weighted by Crippen LogP contribution is -2.39. The first-order valence-electron chi connectivity index (χ1n) is 11.0. The van der Waals surface area contributed by atoms with Crippen molar-refractivity contribution >= 4 is 11.0 Å². The summed E-state index contributed by atoms with van der Waals surface area (Å²) < 4.78 is 75.1. The number of aromatic nitrogens is 3. The minimum absolute atomic E-state index is 0.0353. The van der Waals surface area contributed by atoms with Crippen LogP contribution in [-0.4, -0.2) is 25.3 Å². The maximum atomic E-state index is 12.8. The Balaban J connectivity index is 2.50. The van der Waals surface area contributed by atoms with Gasteiger partial charge in [-0.1, -0.05) is 0 Å². The molecule has 0 bridgehead atoms. The van der Waals surface area contributed by atoms with Gasteiger partial charge >= 0.3 is 5.69 Å². The highest BCUT2D eigenvalue weighted by Gasteiger charge is 2.13. The molecular formula is C14H21N3O3. The third-order valence-electron chi connectivity index (χ3n) is 3.01. The van der Waals surface area contributed by atoms with E-state index in [2.05, 4.69) is 4.98 Å². The van der Waals surface area contributed by atoms with E-state index in [-0.39, 0.29) is 19.4 Å². The van der Waals surface area contributed by atoms with E-state index in [0.717, 1.165) is 6.20 Å². The number of nitrogens with one attached hydrogen (secondary N) is 1. The quantitative estimate of drug-likeness (QED) is 0.802. The van der Waals surface area contributed by atoms with Crippen LogP contribution in [0, 0.1) is 6.85 Å². The molecule has 6 heteroatoms. The van der Waals surface area contributed by atoms with Crippen LogP contribution < -0.4 is 11.2 Å². The van der Waals surface area contributed by atoms with Gasteiger partial charge in [-0.15, -0.1) is 0 Å². The van der Waals surface area contributed by atoms with Gasteiger partial charge < -0.3 is 10.1 Å². The largest absolute Gasteiger partial charge is 0.393 e. The fourth-order valence-electron chi connectivity index (χ4n) is 2.00. The molecule has 20 heavy (non-hydrogen) atoms. The second-order valence-corrected chi connectivity index (χ2v) is 4.40. The van der Waals surface area contributed by atoms with Gasteiger partial charge in [-0.25, -0.2) is 4.79 Å². The van der Waals surface area contributed by atoms with E-state index in [4.69, 9.17) is 13.7 Å². The van der Waals surface area contributed by atoms with Crippen LogP contribution in [0.25, 0.3) is 11.0 Å². The van der Waals surface area contributed by atoms with Crippen molar-refractivity contribution in [3.05, 3.63) is 32.6 Å². The summed E-state index contributed by atoms with van der Waals surface area (Å²) in [6.07, 6.45) is -2.32. The highest BCUT2D eigenvalue weighted by Crippen LogP contribution is 2.10. The van der Waals surface area contributed by atoms with Crippen molar-refractivity contribution in [3.63, 3.8) is 0 Å². The van der Waals surface area contributed by atoms with Crippen LogP contribution in [0.5, 0.6) is 0 Å². The monoisotopic (exact) mass is 289 g/mol. The number of H-pyrrole nitrogens is 1. The summed E-state index contributed by atoms with van der Waals surface area (Å²) >= 11 is 0. The summed E-state index contributed by atoms with van der Waals surface area (Å²) in [5, 5.41) is 9.22. The van der Waals surface area contributed by atoms with Crippen LogP contribution in [0.2, 0.25) is 0 Å². The van der Waals surface area contributed by atoms with Gasteiger partial charge in [0.1, 0.15) is 5.65 Å². The second-order valence-electron chi connectivity index (χ2n) is 4.40. The number of aromatic amines is 1. The lowest BCUT2D eigenvalue weighted by Gasteiger charge is -2.09. The van der Waals surface area contributed by atoms with Crippen molar-refractivity contribution < 1.29 is 18.8 Å². The lowest BCUT2D eigenvalue weighted by molar-refractivity contribution is 0.180. The zero-order valence-electron chi connectivity index (χ0n) is 20.6. The zero-order valence-corrected chi connectivity index (χ0v) is 10.6. The molecule has 0 saturated heterocycles. The molecule has 0 spiro atoms. The maximum Gasteiger partial charge on any atom is 0.332 e. The molecule has 0 radical (unpaired) electrons. The number of hydrogen-bond donors (Lipinski definition) is 2. The molecule has 1 atom stereocenters. The number of aryl methyl sites for hydroxylation is 2. The molecule has 0 amide bonds. The van der Waals surface area contributed by atoms with Crippen molar-refractivity contribution in [2.24, 2.45) is 6.98 Å². The van der Waals surface area contributed by atoms with E-state index in [1.54, 1.807) is 0 Å². The van der Waals surface area contributed by atoms with Gasteiger partial charge in [-0.3, -0.25) is 13.9 Å². The van der Waals surface area contributed by atoms with Crippen LogP contribution in [0.15, 0.2) is 15.8 Å². The first kappa shape index (κ1) is 6.30. The lowest BCUT2D eigenvalue weighted by atomic mass is 10.2. The van der Waals surface area contributed by atoms with Gasteiger partial charge in [0, 0.05) is 32.1 Å². The average molecular weight is 289 g/mol. The van der Waals surface area contributed by atoms with Gasteiger partial charge in [0.25, 0.3) is 5.56 Å². The summed E-state index contributed by atoms with van der Waals surface area (Å²) in [6.45, 7) is -9.05. The second kappa shape index (κ2) is 5.66. The average Bonchev–Trinajstić information content (AvgIpc) is 2.96. The maximum absolute atomic E-state index is 12.8. The summed E-state index contributed by atoms with van der Waals surface area (Å²) in [7, 11) is 0. The Morgan fingerprint density at radius 3 is 3.05 bits per heavy atom. The minimum Gasteiger partial charge on any atom is -0.393 e. The SMILES string of the molecule is [2H]C([2H])([2H])c1c[nH]c2c1c(=O)n(CCCCC([2H])(O)C([2H])([2H])[2H])c(=O)n2C([2H])([2H])[2H]. The highest BCUT2D eigenvalue weighted by molar-refractivity contribution is 5.78. The third kappa shape index (κ3) is 2.56. The van der Waals surface area contributed by atoms with Gasteiger partial charge in [0.15, 0.2) is 0 Å². The minimum atomic E-state index is -3.01. The number of fused-ring (bicyclic) bond motifs is 1. The molecule has 2 rings (SSSR count). The van der Waals surface area contributed by atoms with E-state index in [1.807, 2.05) is 0 Å². The molecule has 0 fully saturated rings. The number of unbranched alkanes of at least 4 members (excludes halogenated alkanes) is 1. The van der Waals surface area contributed by atoms with Gasteiger partial charge in [-0.05, 0) is 38.5 Å². The number of aliphatic hydroxyl groups is 1. The van der Waals surface area contributed by atoms with E-state index in [9.17, 15) is 14.7 Å². The van der Waals surface area contributed by atoms with Crippen LogP contribution in [-0.2, 0) is 13.5 Å². The smallest absolute Gasteiger partial charge is 0.332 e. The normalized spacial score (nSPS) is 23.9. The molecule has 0 aliphatic rings. The molecule has 0 aliphatic heterocycles. The van der Waals surface area contributed by atoms with E-state index >= 15 is 0 Å². The first-order valence-corrected chi connectivity index (χ1v) is 6.00. The number of nitrogens with zero attached hydrogens (tertiary/aromatic N) is 2. The van der Waals surface area contributed by atoms with Crippen LogP contribution in [0.1, 0.15) is 45.4 Å². The van der Waals surface area contributed by atoms with Crippen molar-refractivity contribution in [2.75, 3.05) is 0 Å². The molecule has 1 unspecified atom stereocenters. The summed E-state index contributed by atoms with van der Waals surface area (Å²) in [5.41, 5.74) is -3.06.